The third-order valence-electron chi connectivity index (χ3n) is 3.07. The number of esters is 1. The van der Waals surface area contributed by atoms with E-state index in [-0.39, 0.29) is 11.8 Å². The van der Waals surface area contributed by atoms with Crippen LogP contribution in [0, 0.1) is 11.8 Å². The minimum absolute atomic E-state index is 0.242. The van der Waals surface area contributed by atoms with E-state index in [2.05, 4.69) is 0 Å². The largest absolute Gasteiger partial charge is 0.478 e. The van der Waals surface area contributed by atoms with Crippen LogP contribution in [0.1, 0.15) is 40.5 Å². The van der Waals surface area contributed by atoms with Gasteiger partial charge in [0.15, 0.2) is 6.10 Å². The Morgan fingerprint density at radius 3 is 1.94 bits per heavy atom. The highest BCUT2D eigenvalue weighted by Gasteiger charge is 2.31. The molecule has 5 heteroatoms. The lowest BCUT2D eigenvalue weighted by Gasteiger charge is -2.22. The van der Waals surface area contributed by atoms with E-state index in [0.717, 1.165) is 0 Å². The molecule has 5 nitrogen and oxygen atoms in total. The third-order valence-corrected chi connectivity index (χ3v) is 3.07. The van der Waals surface area contributed by atoms with Gasteiger partial charge in [-0.3, -0.25) is 0 Å². The Morgan fingerprint density at radius 1 is 1.12 bits per heavy atom. The molecule has 2 N–H and O–H groups in total. The average Bonchev–Trinajstić information content (AvgIpc) is 2.32. The van der Waals surface area contributed by atoms with Crippen molar-refractivity contribution in [2.75, 3.05) is 0 Å². The van der Waals surface area contributed by atoms with E-state index < -0.39 is 24.1 Å². The lowest BCUT2D eigenvalue weighted by molar-refractivity contribution is -0.175. The lowest BCUT2D eigenvalue weighted by atomic mass is 10.0. The van der Waals surface area contributed by atoms with Crippen molar-refractivity contribution in [3.8, 4) is 0 Å². The second-order valence-corrected chi connectivity index (χ2v) is 4.41. The SMILES string of the molecule is CC[C@@H](C)[C@H](O)C(=O)O[C@H](C(=O)O)[C@H](C)CC. The van der Waals surface area contributed by atoms with E-state index in [1.54, 1.807) is 13.8 Å². The monoisotopic (exact) mass is 246 g/mol. The van der Waals surface area contributed by atoms with Crippen molar-refractivity contribution in [3.05, 3.63) is 0 Å². The second-order valence-electron chi connectivity index (χ2n) is 4.41. The van der Waals surface area contributed by atoms with Crippen molar-refractivity contribution in [2.45, 2.75) is 52.7 Å². The summed E-state index contributed by atoms with van der Waals surface area (Å²) in [5.74, 6) is -2.55. The van der Waals surface area contributed by atoms with Crippen molar-refractivity contribution in [2.24, 2.45) is 11.8 Å². The number of carbonyl (C=O) groups is 2. The first-order valence-corrected chi connectivity index (χ1v) is 5.96. The molecule has 0 aliphatic carbocycles. The van der Waals surface area contributed by atoms with E-state index in [1.807, 2.05) is 13.8 Å². The number of hydrogen-bond donors (Lipinski definition) is 2. The van der Waals surface area contributed by atoms with Gasteiger partial charge in [0.05, 0.1) is 0 Å². The normalized spacial score (nSPS) is 17.9. The van der Waals surface area contributed by atoms with Crippen LogP contribution in [0.3, 0.4) is 0 Å². The molecule has 0 bridgehead atoms. The molecule has 0 heterocycles. The topological polar surface area (TPSA) is 83.8 Å². The van der Waals surface area contributed by atoms with E-state index >= 15 is 0 Å². The molecular weight excluding hydrogens is 224 g/mol. The van der Waals surface area contributed by atoms with E-state index in [1.165, 1.54) is 0 Å². The van der Waals surface area contributed by atoms with Crippen LogP contribution in [-0.2, 0) is 14.3 Å². The van der Waals surface area contributed by atoms with Crippen LogP contribution >= 0.6 is 0 Å². The Bertz CT molecular complexity index is 264. The smallest absolute Gasteiger partial charge is 0.345 e. The fourth-order valence-electron chi connectivity index (χ4n) is 1.27. The highest BCUT2D eigenvalue weighted by molar-refractivity contribution is 5.80. The Morgan fingerprint density at radius 2 is 1.59 bits per heavy atom. The van der Waals surface area contributed by atoms with Crippen molar-refractivity contribution in [1.82, 2.24) is 0 Å². The van der Waals surface area contributed by atoms with Crippen LogP contribution in [0.15, 0.2) is 0 Å². The Labute approximate surface area is 102 Å². The van der Waals surface area contributed by atoms with Gasteiger partial charge < -0.3 is 14.9 Å². The average molecular weight is 246 g/mol. The molecule has 0 aliphatic rings. The van der Waals surface area contributed by atoms with Crippen molar-refractivity contribution in [1.29, 1.82) is 0 Å². The molecule has 0 aromatic rings. The first kappa shape index (κ1) is 15.9. The zero-order valence-corrected chi connectivity index (χ0v) is 10.8. The first-order valence-electron chi connectivity index (χ1n) is 5.96. The van der Waals surface area contributed by atoms with Crippen LogP contribution in [-0.4, -0.2) is 34.4 Å². The Hall–Kier alpha value is -1.10. The highest BCUT2D eigenvalue weighted by Crippen LogP contribution is 2.15. The van der Waals surface area contributed by atoms with Gasteiger partial charge in [0.25, 0.3) is 0 Å². The van der Waals surface area contributed by atoms with Gasteiger partial charge in [0.1, 0.15) is 0 Å². The van der Waals surface area contributed by atoms with Gasteiger partial charge in [0, 0.05) is 5.92 Å². The zero-order valence-electron chi connectivity index (χ0n) is 10.8. The summed E-state index contributed by atoms with van der Waals surface area (Å²) in [6, 6.07) is 0. The van der Waals surface area contributed by atoms with Crippen LogP contribution < -0.4 is 0 Å². The molecule has 0 aromatic heterocycles. The quantitative estimate of drug-likeness (QED) is 0.664. The fourth-order valence-corrected chi connectivity index (χ4v) is 1.27. The van der Waals surface area contributed by atoms with Gasteiger partial charge in [-0.2, -0.15) is 0 Å². The summed E-state index contributed by atoms with van der Waals surface area (Å²) in [5.41, 5.74) is 0. The zero-order chi connectivity index (χ0) is 13.6. The Kier molecular flexibility index (Phi) is 6.80. The van der Waals surface area contributed by atoms with Crippen LogP contribution in [0.2, 0.25) is 0 Å². The molecule has 0 saturated carbocycles. The summed E-state index contributed by atoms with van der Waals surface area (Å²) < 4.78 is 4.86. The van der Waals surface area contributed by atoms with Crippen molar-refractivity contribution >= 4 is 11.9 Å². The summed E-state index contributed by atoms with van der Waals surface area (Å²) in [6.07, 6.45) is -1.24. The summed E-state index contributed by atoms with van der Waals surface area (Å²) in [7, 11) is 0. The van der Waals surface area contributed by atoms with Gasteiger partial charge >= 0.3 is 11.9 Å². The molecule has 0 spiro atoms. The van der Waals surface area contributed by atoms with Gasteiger partial charge in [-0.05, 0) is 12.3 Å². The fraction of sp³-hybridized carbons (Fsp3) is 0.833. The van der Waals surface area contributed by atoms with Crippen LogP contribution in [0.4, 0.5) is 0 Å². The maximum atomic E-state index is 11.5. The van der Waals surface area contributed by atoms with Gasteiger partial charge in [0.2, 0.25) is 6.10 Å². The number of carbonyl (C=O) groups excluding carboxylic acids is 1. The lowest BCUT2D eigenvalue weighted by Crippen LogP contribution is -2.38. The molecule has 0 saturated heterocycles. The summed E-state index contributed by atoms with van der Waals surface area (Å²) >= 11 is 0. The van der Waals surface area contributed by atoms with Crippen LogP contribution in [0.5, 0.6) is 0 Å². The molecule has 0 amide bonds. The minimum atomic E-state index is -1.26. The number of aliphatic hydroxyl groups excluding tert-OH is 1. The predicted octanol–water partition coefficient (Wildman–Crippen LogP) is 1.44. The number of carboxylic acids is 1. The first-order chi connectivity index (χ1) is 7.84. The summed E-state index contributed by atoms with van der Waals surface area (Å²) in [4.78, 5) is 22.5. The molecule has 0 aliphatic heterocycles. The maximum Gasteiger partial charge on any atom is 0.345 e. The number of hydrogen-bond acceptors (Lipinski definition) is 4. The number of aliphatic hydroxyl groups is 1. The van der Waals surface area contributed by atoms with E-state index in [9.17, 15) is 14.7 Å². The molecule has 0 unspecified atom stereocenters. The molecule has 0 radical (unpaired) electrons. The summed E-state index contributed by atoms with van der Waals surface area (Å²) in [5, 5.41) is 18.5. The van der Waals surface area contributed by atoms with Crippen molar-refractivity contribution in [3.63, 3.8) is 0 Å². The molecule has 0 aromatic carbocycles. The van der Waals surface area contributed by atoms with E-state index in [4.69, 9.17) is 9.84 Å². The number of carboxylic acid groups (broad SMARTS) is 1. The van der Waals surface area contributed by atoms with Crippen LogP contribution in [0.25, 0.3) is 0 Å². The van der Waals surface area contributed by atoms with Gasteiger partial charge in [-0.25, -0.2) is 9.59 Å². The molecule has 0 rings (SSSR count). The second kappa shape index (κ2) is 7.27. The van der Waals surface area contributed by atoms with Crippen molar-refractivity contribution < 1.29 is 24.5 Å². The molecule has 17 heavy (non-hydrogen) atoms. The minimum Gasteiger partial charge on any atom is -0.478 e. The number of ether oxygens (including phenoxy) is 1. The number of rotatable bonds is 7. The molecule has 0 fully saturated rings. The molecule has 4 atom stereocenters. The Balaban J connectivity index is 4.56. The molecular formula is C12H22O5. The predicted molar refractivity (Wildman–Crippen MR) is 62.4 cm³/mol. The molecule has 100 valence electrons. The number of aliphatic carboxylic acids is 1. The summed E-state index contributed by atoms with van der Waals surface area (Å²) in [6.45, 7) is 7.07. The van der Waals surface area contributed by atoms with Gasteiger partial charge in [-0.1, -0.05) is 34.1 Å². The maximum absolute atomic E-state index is 11.5. The highest BCUT2D eigenvalue weighted by atomic mass is 16.6. The van der Waals surface area contributed by atoms with E-state index in [0.29, 0.717) is 12.8 Å². The standard InChI is InChI=1S/C12H22O5/c1-5-7(3)9(13)12(16)17-10(11(14)15)8(4)6-2/h7-10,13H,5-6H2,1-4H3,(H,14,15)/t7-,8-,9+,10+/m1/s1. The third kappa shape index (κ3) is 4.73. The van der Waals surface area contributed by atoms with Gasteiger partial charge in [-0.15, -0.1) is 0 Å².